The number of ketones is 1. The molecule has 3 rings (SSSR count). The number of carbonyl (C=O) groups is 1. The number of halogens is 1. The molecule has 0 saturated carbocycles. The number of nitrogens with zero attached hydrogens (tertiary/aromatic N) is 1. The molecule has 20 heavy (non-hydrogen) atoms. The van der Waals surface area contributed by atoms with Crippen LogP contribution in [-0.4, -0.2) is 10.8 Å². The zero-order valence-electron chi connectivity index (χ0n) is 11.1. The Kier molecular flexibility index (Phi) is 2.86. The van der Waals surface area contributed by atoms with E-state index in [0.717, 1.165) is 11.4 Å². The molecule has 0 aliphatic rings. The molecule has 3 nitrogen and oxygen atoms in total. The predicted octanol–water partition coefficient (Wildman–Crippen LogP) is 3.81. The maximum Gasteiger partial charge on any atom is 0.228 e. The Labute approximate surface area is 115 Å². The van der Waals surface area contributed by atoms with Crippen LogP contribution in [0.1, 0.15) is 27.5 Å². The van der Waals surface area contributed by atoms with Gasteiger partial charge in [0, 0.05) is 22.3 Å². The van der Waals surface area contributed by atoms with Gasteiger partial charge in [-0.2, -0.15) is 0 Å². The minimum Gasteiger partial charge on any atom is -0.453 e. The van der Waals surface area contributed by atoms with E-state index in [2.05, 4.69) is 4.98 Å². The molecule has 0 amide bonds. The average Bonchev–Trinajstić information content (AvgIpc) is 2.79. The van der Waals surface area contributed by atoms with E-state index in [-0.39, 0.29) is 17.4 Å². The second-order valence-electron chi connectivity index (χ2n) is 4.76. The molecule has 3 aromatic rings. The van der Waals surface area contributed by atoms with Crippen LogP contribution in [-0.2, 0) is 0 Å². The highest BCUT2D eigenvalue weighted by atomic mass is 19.1. The number of aryl methyl sites for hydroxylation is 2. The molecule has 0 radical (unpaired) electrons. The van der Waals surface area contributed by atoms with E-state index in [4.69, 9.17) is 4.42 Å². The Morgan fingerprint density at radius 2 is 1.80 bits per heavy atom. The van der Waals surface area contributed by atoms with Crippen molar-refractivity contribution in [3.8, 4) is 0 Å². The van der Waals surface area contributed by atoms with Gasteiger partial charge in [0.05, 0.1) is 0 Å². The summed E-state index contributed by atoms with van der Waals surface area (Å²) in [7, 11) is 0. The van der Waals surface area contributed by atoms with Crippen molar-refractivity contribution < 1.29 is 13.6 Å². The fourth-order valence-electron chi connectivity index (χ4n) is 2.23. The van der Waals surface area contributed by atoms with Crippen molar-refractivity contribution in [3.05, 3.63) is 64.9 Å². The average molecular weight is 269 g/mol. The Morgan fingerprint density at radius 3 is 2.50 bits per heavy atom. The van der Waals surface area contributed by atoms with Crippen LogP contribution in [0.15, 0.2) is 40.8 Å². The molecule has 0 aliphatic heterocycles. The first-order valence-electron chi connectivity index (χ1n) is 6.22. The van der Waals surface area contributed by atoms with Crippen LogP contribution in [0.2, 0.25) is 0 Å². The maximum atomic E-state index is 13.1. The van der Waals surface area contributed by atoms with Gasteiger partial charge in [0.15, 0.2) is 5.76 Å². The van der Waals surface area contributed by atoms with Crippen LogP contribution >= 0.6 is 0 Å². The number of aromatic nitrogens is 1. The summed E-state index contributed by atoms with van der Waals surface area (Å²) < 4.78 is 18.6. The first-order valence-corrected chi connectivity index (χ1v) is 6.22. The van der Waals surface area contributed by atoms with Gasteiger partial charge in [0.25, 0.3) is 0 Å². The molecule has 1 aromatic carbocycles. The van der Waals surface area contributed by atoms with Gasteiger partial charge in [-0.1, -0.05) is 0 Å². The van der Waals surface area contributed by atoms with E-state index in [0.29, 0.717) is 16.5 Å². The molecule has 0 bridgehead atoms. The Balaban J connectivity index is 2.07. The summed E-state index contributed by atoms with van der Waals surface area (Å²) in [6.45, 7) is 3.66. The highest BCUT2D eigenvalue weighted by Crippen LogP contribution is 2.22. The van der Waals surface area contributed by atoms with E-state index in [1.54, 1.807) is 18.2 Å². The fourth-order valence-corrected chi connectivity index (χ4v) is 2.23. The van der Waals surface area contributed by atoms with Gasteiger partial charge in [0.1, 0.15) is 11.4 Å². The first kappa shape index (κ1) is 12.5. The zero-order valence-corrected chi connectivity index (χ0v) is 11.1. The molecule has 0 atom stereocenters. The minimum atomic E-state index is -0.354. The molecule has 4 heteroatoms. The number of hydrogen-bond acceptors (Lipinski definition) is 3. The minimum absolute atomic E-state index is 0.204. The van der Waals surface area contributed by atoms with Gasteiger partial charge in [-0.05, 0) is 50.2 Å². The highest BCUT2D eigenvalue weighted by molar-refractivity contribution is 6.09. The lowest BCUT2D eigenvalue weighted by Gasteiger charge is -2.01. The number of hydrogen-bond donors (Lipinski definition) is 0. The monoisotopic (exact) mass is 269 g/mol. The largest absolute Gasteiger partial charge is 0.453 e. The Morgan fingerprint density at radius 1 is 1.10 bits per heavy atom. The van der Waals surface area contributed by atoms with Gasteiger partial charge in [0.2, 0.25) is 5.78 Å². The number of fused-ring (bicyclic) bond motifs is 1. The number of pyridine rings is 1. The SMILES string of the molecule is Cc1cc(C(=O)c2cc3cc(F)ccc3o2)cc(C)n1. The molecule has 0 aliphatic carbocycles. The standard InChI is InChI=1S/C16H12FNO2/c1-9-5-12(6-10(2)18-9)16(19)15-8-11-7-13(17)3-4-14(11)20-15/h3-8H,1-2H3. The topological polar surface area (TPSA) is 43.1 Å². The fraction of sp³-hybridized carbons (Fsp3) is 0.125. The molecule has 2 aromatic heterocycles. The van der Waals surface area contributed by atoms with Crippen LogP contribution < -0.4 is 0 Å². The normalized spacial score (nSPS) is 10.9. The number of rotatable bonds is 2. The van der Waals surface area contributed by atoms with E-state index >= 15 is 0 Å². The number of benzene rings is 1. The van der Waals surface area contributed by atoms with Gasteiger partial charge in [-0.25, -0.2) is 4.39 Å². The second kappa shape index (κ2) is 4.56. The molecule has 0 unspecified atom stereocenters. The van der Waals surface area contributed by atoms with E-state index in [1.807, 2.05) is 13.8 Å². The first-order chi connectivity index (χ1) is 9.52. The zero-order chi connectivity index (χ0) is 14.3. The van der Waals surface area contributed by atoms with Crippen LogP contribution in [0.3, 0.4) is 0 Å². The summed E-state index contributed by atoms with van der Waals surface area (Å²) >= 11 is 0. The van der Waals surface area contributed by atoms with Crippen LogP contribution in [0.5, 0.6) is 0 Å². The number of carbonyl (C=O) groups excluding carboxylic acids is 1. The predicted molar refractivity (Wildman–Crippen MR) is 73.3 cm³/mol. The van der Waals surface area contributed by atoms with Crippen molar-refractivity contribution in [3.63, 3.8) is 0 Å². The molecule has 0 N–H and O–H groups in total. The molecular weight excluding hydrogens is 257 g/mol. The number of furan rings is 1. The lowest BCUT2D eigenvalue weighted by Crippen LogP contribution is -2.02. The second-order valence-corrected chi connectivity index (χ2v) is 4.76. The summed E-state index contributed by atoms with van der Waals surface area (Å²) in [5.74, 6) is -0.376. The summed E-state index contributed by atoms with van der Waals surface area (Å²) in [5.41, 5.74) is 2.57. The third-order valence-electron chi connectivity index (χ3n) is 3.05. The molecular formula is C16H12FNO2. The maximum absolute atomic E-state index is 13.1. The van der Waals surface area contributed by atoms with Crippen LogP contribution in [0.4, 0.5) is 4.39 Å². The van der Waals surface area contributed by atoms with Gasteiger partial charge >= 0.3 is 0 Å². The van der Waals surface area contributed by atoms with Crippen molar-refractivity contribution in [1.82, 2.24) is 4.98 Å². The molecule has 0 saturated heterocycles. The summed E-state index contributed by atoms with van der Waals surface area (Å²) in [6.07, 6.45) is 0. The smallest absolute Gasteiger partial charge is 0.228 e. The Bertz CT molecular complexity index is 800. The lowest BCUT2D eigenvalue weighted by molar-refractivity contribution is 0.101. The van der Waals surface area contributed by atoms with Crippen molar-refractivity contribution in [2.24, 2.45) is 0 Å². The molecule has 0 spiro atoms. The molecule has 100 valence electrons. The van der Waals surface area contributed by atoms with E-state index < -0.39 is 0 Å². The van der Waals surface area contributed by atoms with Crippen LogP contribution in [0.25, 0.3) is 11.0 Å². The Hall–Kier alpha value is -2.49. The van der Waals surface area contributed by atoms with Gasteiger partial charge < -0.3 is 4.42 Å². The quantitative estimate of drug-likeness (QED) is 0.664. The van der Waals surface area contributed by atoms with Crippen molar-refractivity contribution in [2.75, 3.05) is 0 Å². The van der Waals surface area contributed by atoms with Crippen LogP contribution in [0, 0.1) is 19.7 Å². The highest BCUT2D eigenvalue weighted by Gasteiger charge is 2.15. The van der Waals surface area contributed by atoms with Crippen molar-refractivity contribution in [1.29, 1.82) is 0 Å². The molecule has 0 fully saturated rings. The van der Waals surface area contributed by atoms with Crippen molar-refractivity contribution >= 4 is 16.8 Å². The lowest BCUT2D eigenvalue weighted by atomic mass is 10.1. The van der Waals surface area contributed by atoms with E-state index in [1.165, 1.54) is 18.2 Å². The third-order valence-corrected chi connectivity index (χ3v) is 3.05. The summed E-state index contributed by atoms with van der Waals surface area (Å²) in [4.78, 5) is 16.6. The molecule has 2 heterocycles. The third kappa shape index (κ3) is 2.20. The van der Waals surface area contributed by atoms with Gasteiger partial charge in [-0.15, -0.1) is 0 Å². The van der Waals surface area contributed by atoms with Gasteiger partial charge in [-0.3, -0.25) is 9.78 Å². The summed E-state index contributed by atoms with van der Waals surface area (Å²) in [6, 6.07) is 9.15. The van der Waals surface area contributed by atoms with Crippen molar-refractivity contribution in [2.45, 2.75) is 13.8 Å². The summed E-state index contributed by atoms with van der Waals surface area (Å²) in [5, 5.41) is 0.579. The van der Waals surface area contributed by atoms with E-state index in [9.17, 15) is 9.18 Å².